The molecule has 15 heavy (non-hydrogen) atoms. The van der Waals surface area contributed by atoms with E-state index >= 15 is 0 Å². The molecule has 0 fully saturated rings. The zero-order chi connectivity index (χ0) is 11.1. The van der Waals surface area contributed by atoms with E-state index in [9.17, 15) is 4.79 Å². The Bertz CT molecular complexity index is 410. The fraction of sp³-hybridized carbons (Fsp3) is 0.417. The number of ether oxygens (including phenoxy) is 1. The maximum absolute atomic E-state index is 11.6. The van der Waals surface area contributed by atoms with Gasteiger partial charge in [0.1, 0.15) is 11.4 Å². The molecule has 2 rings (SSSR count). The van der Waals surface area contributed by atoms with Gasteiger partial charge in [0.05, 0.1) is 12.1 Å². The number of carbonyl (C=O) groups excluding carboxylic acids is 1. The second kappa shape index (κ2) is 3.26. The number of para-hydroxylation sites is 1. The van der Waals surface area contributed by atoms with Gasteiger partial charge in [-0.1, -0.05) is 12.1 Å². The topological polar surface area (TPSA) is 38.3 Å². The number of anilines is 1. The summed E-state index contributed by atoms with van der Waals surface area (Å²) in [4.78, 5) is 11.6. The van der Waals surface area contributed by atoms with E-state index in [1.54, 1.807) is 0 Å². The van der Waals surface area contributed by atoms with E-state index in [1.807, 2.05) is 39.0 Å². The van der Waals surface area contributed by atoms with Gasteiger partial charge in [0, 0.05) is 0 Å². The van der Waals surface area contributed by atoms with Crippen LogP contribution in [0, 0.1) is 6.92 Å². The van der Waals surface area contributed by atoms with E-state index in [-0.39, 0.29) is 5.91 Å². The summed E-state index contributed by atoms with van der Waals surface area (Å²) in [7, 11) is 0. The molecule has 80 valence electrons. The average Bonchev–Trinajstić information content (AvgIpc) is 2.20. The Labute approximate surface area is 89.4 Å². The lowest BCUT2D eigenvalue weighted by Crippen LogP contribution is -2.31. The monoisotopic (exact) mass is 205 g/mol. The van der Waals surface area contributed by atoms with Gasteiger partial charge in [0.15, 0.2) is 0 Å². The van der Waals surface area contributed by atoms with Crippen LogP contribution < -0.4 is 10.1 Å². The van der Waals surface area contributed by atoms with E-state index < -0.39 is 5.60 Å². The SMILES string of the molecule is Cc1cccc2c1OC(C)(C)CC(=O)N2. The van der Waals surface area contributed by atoms with Crippen LogP contribution in [0.15, 0.2) is 18.2 Å². The predicted octanol–water partition coefficient (Wildman–Crippen LogP) is 2.49. The summed E-state index contributed by atoms with van der Waals surface area (Å²) >= 11 is 0. The first-order chi connectivity index (χ1) is 6.98. The third-order valence-electron chi connectivity index (χ3n) is 2.45. The van der Waals surface area contributed by atoms with Crippen LogP contribution in [0.2, 0.25) is 0 Å². The Morgan fingerprint density at radius 1 is 1.40 bits per heavy atom. The molecule has 1 N–H and O–H groups in total. The smallest absolute Gasteiger partial charge is 0.228 e. The molecule has 0 unspecified atom stereocenters. The standard InChI is InChI=1S/C12H15NO2/c1-8-5-4-6-9-11(8)15-12(2,3)7-10(14)13-9/h4-6H,7H2,1-3H3,(H,13,14). The van der Waals surface area contributed by atoms with Crippen LogP contribution in [0.25, 0.3) is 0 Å². The molecule has 3 heteroatoms. The molecule has 1 aliphatic heterocycles. The van der Waals surface area contributed by atoms with Gasteiger partial charge < -0.3 is 10.1 Å². The van der Waals surface area contributed by atoms with Crippen molar-refractivity contribution in [2.24, 2.45) is 0 Å². The number of aryl methyl sites for hydroxylation is 1. The minimum absolute atomic E-state index is 0.00403. The molecule has 0 bridgehead atoms. The van der Waals surface area contributed by atoms with Crippen LogP contribution in [0.4, 0.5) is 5.69 Å². The maximum atomic E-state index is 11.6. The van der Waals surface area contributed by atoms with Gasteiger partial charge in [0.25, 0.3) is 0 Å². The number of benzene rings is 1. The molecule has 1 aromatic rings. The van der Waals surface area contributed by atoms with Crippen LogP contribution in [-0.2, 0) is 4.79 Å². The van der Waals surface area contributed by atoms with Crippen molar-refractivity contribution in [2.75, 3.05) is 5.32 Å². The second-order valence-corrected chi connectivity index (χ2v) is 4.54. The highest BCUT2D eigenvalue weighted by molar-refractivity contribution is 5.94. The lowest BCUT2D eigenvalue weighted by atomic mass is 10.1. The van der Waals surface area contributed by atoms with Crippen LogP contribution in [0.3, 0.4) is 0 Å². The zero-order valence-corrected chi connectivity index (χ0v) is 9.26. The molecule has 3 nitrogen and oxygen atoms in total. The van der Waals surface area contributed by atoms with Gasteiger partial charge in [-0.2, -0.15) is 0 Å². The lowest BCUT2D eigenvalue weighted by molar-refractivity contribution is -0.118. The molecule has 0 radical (unpaired) electrons. The highest BCUT2D eigenvalue weighted by Crippen LogP contribution is 2.35. The van der Waals surface area contributed by atoms with Gasteiger partial charge in [0.2, 0.25) is 5.91 Å². The second-order valence-electron chi connectivity index (χ2n) is 4.54. The van der Waals surface area contributed by atoms with Crippen molar-refractivity contribution in [3.63, 3.8) is 0 Å². The van der Waals surface area contributed by atoms with E-state index in [2.05, 4.69) is 5.32 Å². The highest BCUT2D eigenvalue weighted by atomic mass is 16.5. The molecule has 1 amide bonds. The first-order valence-electron chi connectivity index (χ1n) is 5.06. The van der Waals surface area contributed by atoms with Crippen molar-refractivity contribution in [3.05, 3.63) is 23.8 Å². The first-order valence-corrected chi connectivity index (χ1v) is 5.06. The van der Waals surface area contributed by atoms with Crippen molar-refractivity contribution in [1.29, 1.82) is 0 Å². The van der Waals surface area contributed by atoms with Gasteiger partial charge in [-0.05, 0) is 32.4 Å². The highest BCUT2D eigenvalue weighted by Gasteiger charge is 2.29. The van der Waals surface area contributed by atoms with E-state index in [0.717, 1.165) is 17.0 Å². The molecular weight excluding hydrogens is 190 g/mol. The number of fused-ring (bicyclic) bond motifs is 1. The molecule has 1 aliphatic rings. The summed E-state index contributed by atoms with van der Waals surface area (Å²) in [6.45, 7) is 5.83. The molecule has 0 atom stereocenters. The maximum Gasteiger partial charge on any atom is 0.228 e. The van der Waals surface area contributed by atoms with Crippen LogP contribution in [0.1, 0.15) is 25.8 Å². The van der Waals surface area contributed by atoms with Crippen molar-refractivity contribution in [2.45, 2.75) is 32.8 Å². The molecule has 1 aromatic carbocycles. The Morgan fingerprint density at radius 3 is 2.87 bits per heavy atom. The average molecular weight is 205 g/mol. The van der Waals surface area contributed by atoms with E-state index in [4.69, 9.17) is 4.74 Å². The Kier molecular flexibility index (Phi) is 2.18. The molecule has 1 heterocycles. The molecule has 0 saturated heterocycles. The van der Waals surface area contributed by atoms with Crippen LogP contribution in [0.5, 0.6) is 5.75 Å². The van der Waals surface area contributed by atoms with Gasteiger partial charge >= 0.3 is 0 Å². The summed E-state index contributed by atoms with van der Waals surface area (Å²) in [6, 6.07) is 5.75. The molecule has 0 aromatic heterocycles. The van der Waals surface area contributed by atoms with Crippen molar-refractivity contribution in [3.8, 4) is 5.75 Å². The number of carbonyl (C=O) groups is 1. The normalized spacial score (nSPS) is 18.5. The fourth-order valence-electron chi connectivity index (χ4n) is 1.78. The van der Waals surface area contributed by atoms with Crippen LogP contribution >= 0.6 is 0 Å². The van der Waals surface area contributed by atoms with Gasteiger partial charge in [-0.15, -0.1) is 0 Å². The molecule has 0 aliphatic carbocycles. The molecule has 0 spiro atoms. The lowest BCUT2D eigenvalue weighted by Gasteiger charge is -2.24. The zero-order valence-electron chi connectivity index (χ0n) is 9.26. The summed E-state index contributed by atoms with van der Waals surface area (Å²) in [5.41, 5.74) is 1.37. The van der Waals surface area contributed by atoms with Crippen LogP contribution in [-0.4, -0.2) is 11.5 Å². The van der Waals surface area contributed by atoms with Crippen molar-refractivity contribution < 1.29 is 9.53 Å². The minimum atomic E-state index is -0.443. The van der Waals surface area contributed by atoms with Gasteiger partial charge in [-0.25, -0.2) is 0 Å². The quantitative estimate of drug-likeness (QED) is 0.706. The Hall–Kier alpha value is -1.51. The van der Waals surface area contributed by atoms with Gasteiger partial charge in [-0.3, -0.25) is 4.79 Å². The van der Waals surface area contributed by atoms with Crippen molar-refractivity contribution in [1.82, 2.24) is 0 Å². The predicted molar refractivity (Wildman–Crippen MR) is 59.1 cm³/mol. The number of hydrogen-bond donors (Lipinski definition) is 1. The fourth-order valence-corrected chi connectivity index (χ4v) is 1.78. The minimum Gasteiger partial charge on any atom is -0.485 e. The summed E-state index contributed by atoms with van der Waals surface area (Å²) in [6.07, 6.45) is 0.376. The number of amides is 1. The number of nitrogens with one attached hydrogen (secondary N) is 1. The third-order valence-corrected chi connectivity index (χ3v) is 2.45. The first kappa shape index (κ1) is 10.0. The van der Waals surface area contributed by atoms with Crippen molar-refractivity contribution >= 4 is 11.6 Å². The van der Waals surface area contributed by atoms with E-state index in [1.165, 1.54) is 0 Å². The number of rotatable bonds is 0. The third kappa shape index (κ3) is 1.96. The number of hydrogen-bond acceptors (Lipinski definition) is 2. The molecular formula is C12H15NO2. The Balaban J connectivity index is 2.50. The largest absolute Gasteiger partial charge is 0.485 e. The summed E-state index contributed by atoms with van der Waals surface area (Å²) < 4.78 is 5.86. The Morgan fingerprint density at radius 2 is 2.13 bits per heavy atom. The van der Waals surface area contributed by atoms with E-state index in [0.29, 0.717) is 6.42 Å². The summed E-state index contributed by atoms with van der Waals surface area (Å²) in [5, 5.41) is 2.85. The summed E-state index contributed by atoms with van der Waals surface area (Å²) in [5.74, 6) is 0.790. The molecule has 0 saturated carbocycles.